The molecule has 0 aliphatic heterocycles. The molecule has 0 saturated heterocycles. The molecule has 2 aliphatic rings. The highest BCUT2D eigenvalue weighted by Crippen LogP contribution is 2.29. The second-order valence-corrected chi connectivity index (χ2v) is 4.58. The molecule has 2 nitrogen and oxygen atoms in total. The number of carbonyl (C=O) groups is 2. The number of Topliss-reactive ketones (excluding diaryl/α,β-unsaturated/α-hetero) is 2. The largest absolute Gasteiger partial charge is 0.293 e. The van der Waals surface area contributed by atoms with Gasteiger partial charge in [-0.3, -0.25) is 9.59 Å². The molecule has 0 spiro atoms. The SMILES string of the molecule is O=C([C]1[CH][CH][CH][CH]1)c1ccc(C(=O)[C]2[CH][CH][CH][CH]2)cc1. The van der Waals surface area contributed by atoms with Gasteiger partial charge in [0, 0.05) is 11.1 Å². The molecule has 0 amide bonds. The normalized spacial score (nSPS) is 20.4. The van der Waals surface area contributed by atoms with Crippen molar-refractivity contribution in [3.05, 3.63) is 98.6 Å². The molecule has 2 saturated carbocycles. The lowest BCUT2D eigenvalue weighted by molar-refractivity contribution is 0.100. The fraction of sp³-hybridized carbons (Fsp3) is 0. The van der Waals surface area contributed by atoms with Crippen LogP contribution in [0, 0.1) is 63.2 Å². The summed E-state index contributed by atoms with van der Waals surface area (Å²) < 4.78 is 0. The highest BCUT2D eigenvalue weighted by atomic mass is 16.1. The van der Waals surface area contributed by atoms with E-state index in [-0.39, 0.29) is 11.6 Å². The van der Waals surface area contributed by atoms with Crippen LogP contribution in [0.1, 0.15) is 20.7 Å². The molecule has 0 aromatic heterocycles. The quantitative estimate of drug-likeness (QED) is 0.780. The minimum absolute atomic E-state index is 0.0256. The maximum atomic E-state index is 12.1. The van der Waals surface area contributed by atoms with Crippen molar-refractivity contribution in [2.45, 2.75) is 0 Å². The molecule has 3 rings (SSSR count). The molecule has 2 fully saturated rings. The summed E-state index contributed by atoms with van der Waals surface area (Å²) in [5.74, 6) is 1.28. The van der Waals surface area contributed by atoms with E-state index in [9.17, 15) is 9.59 Å². The van der Waals surface area contributed by atoms with Crippen molar-refractivity contribution in [1.82, 2.24) is 0 Å². The lowest BCUT2D eigenvalue weighted by Gasteiger charge is -2.09. The third kappa shape index (κ3) is 2.70. The Labute approximate surface area is 120 Å². The molecule has 0 N–H and O–H groups in total. The van der Waals surface area contributed by atoms with Gasteiger partial charge in [0.05, 0.1) is 11.8 Å². The first-order valence-corrected chi connectivity index (χ1v) is 6.38. The van der Waals surface area contributed by atoms with E-state index in [2.05, 4.69) is 0 Å². The van der Waals surface area contributed by atoms with Crippen LogP contribution in [0.25, 0.3) is 0 Å². The maximum absolute atomic E-state index is 12.1. The topological polar surface area (TPSA) is 34.1 Å². The Morgan fingerprint density at radius 1 is 0.550 bits per heavy atom. The first kappa shape index (κ1) is 13.5. The van der Waals surface area contributed by atoms with E-state index in [1.807, 2.05) is 25.7 Å². The van der Waals surface area contributed by atoms with Crippen molar-refractivity contribution >= 4 is 11.6 Å². The third-order valence-corrected chi connectivity index (χ3v) is 3.26. The van der Waals surface area contributed by atoms with Gasteiger partial charge in [0.2, 0.25) is 0 Å². The number of rotatable bonds is 4. The fourth-order valence-electron chi connectivity index (χ4n) is 2.16. The van der Waals surface area contributed by atoms with E-state index in [4.69, 9.17) is 0 Å². The molecule has 10 radical (unpaired) electrons. The molecule has 0 heterocycles. The van der Waals surface area contributed by atoms with Gasteiger partial charge in [0.25, 0.3) is 0 Å². The number of hydrogen-bond acceptors (Lipinski definition) is 2. The van der Waals surface area contributed by atoms with Crippen LogP contribution in [0.3, 0.4) is 0 Å². The van der Waals surface area contributed by atoms with Crippen molar-refractivity contribution < 1.29 is 9.59 Å². The molecule has 1 aromatic carbocycles. The Morgan fingerprint density at radius 3 is 1.15 bits per heavy atom. The van der Waals surface area contributed by atoms with Gasteiger partial charge in [-0.15, -0.1) is 0 Å². The van der Waals surface area contributed by atoms with Crippen molar-refractivity contribution in [3.8, 4) is 0 Å². The maximum Gasteiger partial charge on any atom is 0.170 e. The van der Waals surface area contributed by atoms with Crippen molar-refractivity contribution in [2.24, 2.45) is 0 Å². The monoisotopic (exact) mass is 260 g/mol. The average molecular weight is 260 g/mol. The molecular formula is C18H12O2. The van der Waals surface area contributed by atoms with E-state index in [0.717, 1.165) is 0 Å². The van der Waals surface area contributed by atoms with Crippen molar-refractivity contribution in [2.75, 3.05) is 0 Å². The van der Waals surface area contributed by atoms with Crippen LogP contribution in [0.5, 0.6) is 0 Å². The number of carbonyl (C=O) groups excluding carboxylic acids is 2. The number of ketones is 2. The summed E-state index contributed by atoms with van der Waals surface area (Å²) in [5, 5.41) is 0. The summed E-state index contributed by atoms with van der Waals surface area (Å²) in [6.07, 6.45) is 14.5. The second kappa shape index (κ2) is 5.90. The minimum Gasteiger partial charge on any atom is -0.293 e. The highest BCUT2D eigenvalue weighted by Gasteiger charge is 2.27. The third-order valence-electron chi connectivity index (χ3n) is 3.26. The summed E-state index contributed by atoms with van der Waals surface area (Å²) in [7, 11) is 0. The molecule has 0 bridgehead atoms. The van der Waals surface area contributed by atoms with Gasteiger partial charge >= 0.3 is 0 Å². The Kier molecular flexibility index (Phi) is 4.00. The second-order valence-electron chi connectivity index (χ2n) is 4.58. The Morgan fingerprint density at radius 2 is 0.850 bits per heavy atom. The summed E-state index contributed by atoms with van der Waals surface area (Å²) in [4.78, 5) is 24.3. The van der Waals surface area contributed by atoms with E-state index >= 15 is 0 Å². The predicted octanol–water partition coefficient (Wildman–Crippen LogP) is 2.86. The highest BCUT2D eigenvalue weighted by molar-refractivity contribution is 6.12. The molecule has 0 unspecified atom stereocenters. The molecule has 1 aromatic rings. The first-order valence-electron chi connectivity index (χ1n) is 6.38. The lowest BCUT2D eigenvalue weighted by Crippen LogP contribution is -2.12. The molecule has 96 valence electrons. The summed E-state index contributed by atoms with van der Waals surface area (Å²) >= 11 is 0. The summed E-state index contributed by atoms with van der Waals surface area (Å²) in [6, 6.07) is 6.80. The van der Waals surface area contributed by atoms with Gasteiger partial charge in [-0.2, -0.15) is 0 Å². The Balaban J connectivity index is 1.70. The number of hydrogen-bond donors (Lipinski definition) is 0. The van der Waals surface area contributed by atoms with E-state index in [1.165, 1.54) is 0 Å². The van der Waals surface area contributed by atoms with E-state index in [1.54, 1.807) is 49.9 Å². The first-order chi connectivity index (χ1) is 9.75. The van der Waals surface area contributed by atoms with Crippen LogP contribution in [0.4, 0.5) is 0 Å². The van der Waals surface area contributed by atoms with Crippen LogP contribution in [0.15, 0.2) is 24.3 Å². The molecule has 2 heteroatoms. The van der Waals surface area contributed by atoms with E-state index < -0.39 is 0 Å². The molecule has 20 heavy (non-hydrogen) atoms. The van der Waals surface area contributed by atoms with Gasteiger partial charge in [-0.25, -0.2) is 0 Å². The van der Waals surface area contributed by atoms with Gasteiger partial charge in [0.15, 0.2) is 11.6 Å². The Hall–Kier alpha value is -1.44. The van der Waals surface area contributed by atoms with Crippen LogP contribution >= 0.6 is 0 Å². The zero-order valence-corrected chi connectivity index (χ0v) is 10.7. The summed E-state index contributed by atoms with van der Waals surface area (Å²) in [6.45, 7) is 0. The fourth-order valence-corrected chi connectivity index (χ4v) is 2.16. The van der Waals surface area contributed by atoms with Gasteiger partial charge in [-0.1, -0.05) is 24.3 Å². The molecular weight excluding hydrogens is 248 g/mol. The molecule has 0 atom stereocenters. The zero-order valence-electron chi connectivity index (χ0n) is 10.7. The van der Waals surface area contributed by atoms with Crippen LogP contribution in [0.2, 0.25) is 0 Å². The van der Waals surface area contributed by atoms with Crippen LogP contribution in [-0.4, -0.2) is 11.6 Å². The average Bonchev–Trinajstić information content (AvgIpc) is 3.18. The van der Waals surface area contributed by atoms with Gasteiger partial charge < -0.3 is 0 Å². The van der Waals surface area contributed by atoms with E-state index in [0.29, 0.717) is 23.0 Å². The predicted molar refractivity (Wildman–Crippen MR) is 76.0 cm³/mol. The van der Waals surface area contributed by atoms with Gasteiger partial charge in [0.1, 0.15) is 0 Å². The zero-order chi connectivity index (χ0) is 13.9. The number of benzene rings is 1. The smallest absolute Gasteiger partial charge is 0.170 e. The van der Waals surface area contributed by atoms with Gasteiger partial charge in [-0.05, 0) is 51.4 Å². The molecule has 2 aliphatic carbocycles. The standard InChI is InChI=1S/C18H12O2/c19-17(13-5-1-2-6-13)15-9-11-16(12-10-15)18(20)14-7-3-4-8-14/h1-12H. The van der Waals surface area contributed by atoms with Crippen LogP contribution in [-0.2, 0) is 0 Å². The Bertz CT molecular complexity index is 442. The van der Waals surface area contributed by atoms with Crippen molar-refractivity contribution in [3.63, 3.8) is 0 Å². The minimum atomic E-state index is -0.0256. The van der Waals surface area contributed by atoms with Crippen LogP contribution < -0.4 is 0 Å². The summed E-state index contributed by atoms with van der Waals surface area (Å²) in [5.41, 5.74) is 1.19. The van der Waals surface area contributed by atoms with Crippen molar-refractivity contribution in [1.29, 1.82) is 0 Å². The lowest BCUT2D eigenvalue weighted by atomic mass is 9.92.